The first-order valence-electron chi connectivity index (χ1n) is 9.35. The molecule has 0 amide bonds. The van der Waals surface area contributed by atoms with E-state index in [4.69, 9.17) is 4.74 Å². The number of carbonyl (C=O) groups is 2. The first kappa shape index (κ1) is 26.0. The highest BCUT2D eigenvalue weighted by atomic mass is 31.2. The number of rotatable bonds is 7. The van der Waals surface area contributed by atoms with Gasteiger partial charge in [-0.25, -0.2) is 9.59 Å². The normalized spacial score (nSPS) is 24.9. The highest BCUT2D eigenvalue weighted by Crippen LogP contribution is 2.39. The second kappa shape index (κ2) is 9.34. The summed E-state index contributed by atoms with van der Waals surface area (Å²) >= 11 is 0. The fraction of sp³-hybridized carbons (Fsp3) is 0.611. The molecule has 32 heavy (non-hydrogen) atoms. The first-order chi connectivity index (χ1) is 14.5. The van der Waals surface area contributed by atoms with Gasteiger partial charge in [0.1, 0.15) is 12.2 Å². The van der Waals surface area contributed by atoms with Crippen molar-refractivity contribution < 1.29 is 42.4 Å². The highest BCUT2D eigenvalue weighted by Gasteiger charge is 2.46. The van der Waals surface area contributed by atoms with E-state index >= 15 is 0 Å². The van der Waals surface area contributed by atoms with Crippen molar-refractivity contribution in [2.75, 3.05) is 19.5 Å². The summed E-state index contributed by atoms with van der Waals surface area (Å²) < 4.78 is 48.0. The van der Waals surface area contributed by atoms with Crippen LogP contribution in [-0.4, -0.2) is 81.8 Å². The van der Waals surface area contributed by atoms with Gasteiger partial charge in [0, 0.05) is 6.20 Å². The molecule has 0 radical (unpaired) electrons. The van der Waals surface area contributed by atoms with Crippen LogP contribution in [0.2, 0.25) is 0 Å². The van der Waals surface area contributed by atoms with Crippen LogP contribution >= 0.6 is 6.89 Å². The average Bonchev–Trinajstić information content (AvgIpc) is 2.91. The number of ketones is 1. The molecule has 3 N–H and O–H groups in total. The summed E-state index contributed by atoms with van der Waals surface area (Å²) in [6, 6.07) is 0. The molecule has 0 saturated carbocycles. The maximum atomic E-state index is 12.6. The number of alkyl halides is 3. The molecular formula is C18H24F3N2O8P. The Morgan fingerprint density at radius 2 is 1.91 bits per heavy atom. The van der Waals surface area contributed by atoms with Crippen LogP contribution in [0.5, 0.6) is 0 Å². The summed E-state index contributed by atoms with van der Waals surface area (Å²) in [5.41, 5.74) is -3.17. The Morgan fingerprint density at radius 3 is 2.41 bits per heavy atom. The molecule has 0 aromatic carbocycles. The Bertz CT molecular complexity index is 1040. The van der Waals surface area contributed by atoms with E-state index in [0.717, 1.165) is 6.92 Å². The molecule has 1 aromatic heterocycles. The molecule has 1 saturated heterocycles. The Balaban J connectivity index is 2.42. The molecule has 1 aliphatic rings. The van der Waals surface area contributed by atoms with Gasteiger partial charge in [-0.2, -0.15) is 13.2 Å². The van der Waals surface area contributed by atoms with Crippen molar-refractivity contribution in [1.29, 1.82) is 0 Å². The predicted molar refractivity (Wildman–Crippen MR) is 108 cm³/mol. The third-order valence-corrected chi connectivity index (χ3v) is 6.20. The number of esters is 1. The lowest BCUT2D eigenvalue weighted by molar-refractivity contribution is -0.205. The monoisotopic (exact) mass is 484 g/mol. The Kier molecular flexibility index (Phi) is 7.60. The third-order valence-electron chi connectivity index (χ3n) is 4.73. The lowest BCUT2D eigenvalue weighted by atomic mass is 10.1. The largest absolute Gasteiger partial charge is 0.490 e. The van der Waals surface area contributed by atoms with Gasteiger partial charge in [0.05, 0.1) is 11.7 Å². The van der Waals surface area contributed by atoms with E-state index in [2.05, 4.69) is 11.0 Å². The molecule has 2 heterocycles. The van der Waals surface area contributed by atoms with E-state index < -0.39 is 72.3 Å². The van der Waals surface area contributed by atoms with Crippen LogP contribution in [-0.2, 0) is 19.1 Å². The minimum atomic E-state index is -5.43. The third kappa shape index (κ3) is 5.97. The lowest BCUT2D eigenvalue weighted by Crippen LogP contribution is -2.40. The Hall–Kier alpha value is -2.21. The molecule has 1 fully saturated rings. The molecule has 0 bridgehead atoms. The van der Waals surface area contributed by atoms with Gasteiger partial charge >= 0.3 is 17.8 Å². The number of aromatic amines is 1. The minimum absolute atomic E-state index is 0.309. The number of aliphatic hydroxyl groups is 2. The molecule has 0 aliphatic carbocycles. The van der Waals surface area contributed by atoms with Crippen LogP contribution in [0.25, 0.3) is 0 Å². The van der Waals surface area contributed by atoms with Crippen LogP contribution < -0.4 is 11.2 Å². The van der Waals surface area contributed by atoms with Gasteiger partial charge < -0.3 is 19.7 Å². The van der Waals surface area contributed by atoms with Gasteiger partial charge in [0.2, 0.25) is 0 Å². The van der Waals surface area contributed by atoms with E-state index in [1.165, 1.54) is 0 Å². The minimum Gasteiger partial charge on any atom is -0.442 e. The van der Waals surface area contributed by atoms with E-state index in [1.807, 2.05) is 13.3 Å². The zero-order valence-electron chi connectivity index (χ0n) is 17.5. The summed E-state index contributed by atoms with van der Waals surface area (Å²) in [5, 5.41) is 20.6. The average molecular weight is 484 g/mol. The van der Waals surface area contributed by atoms with E-state index in [9.17, 15) is 42.6 Å². The van der Waals surface area contributed by atoms with Crippen molar-refractivity contribution >= 4 is 24.9 Å². The summed E-state index contributed by atoms with van der Waals surface area (Å²) in [7, 11) is 0. The highest BCUT2D eigenvalue weighted by molar-refractivity contribution is 7.72. The summed E-state index contributed by atoms with van der Waals surface area (Å²) in [5.74, 6) is -3.83. The van der Waals surface area contributed by atoms with Crippen LogP contribution in [0.1, 0.15) is 31.2 Å². The number of carbonyl (C=O) groups excluding carboxylic acids is 2. The predicted octanol–water partition coefficient (Wildman–Crippen LogP) is -0.00930. The number of H-pyrrole nitrogens is 1. The topological polar surface area (TPSA) is 148 Å². The van der Waals surface area contributed by atoms with Crippen molar-refractivity contribution in [3.63, 3.8) is 0 Å². The molecule has 0 spiro atoms. The van der Waals surface area contributed by atoms with Crippen molar-refractivity contribution in [3.05, 3.63) is 32.6 Å². The smallest absolute Gasteiger partial charge is 0.442 e. The standard InChI is InChI=1S/C18H24F3N2O8P/c1-8(24)13(31-16(28)18(19,20)21)9-7-23(17(29)22-14(9)27)15-12(26)11(25)10(30-15)5-6-32(2,3)4/h7,10-13,15,25-26H,2,5-6H2,1,3-4H3,(H,22,27,29)/t10-,11-,12?,13?,15-/m1/s1. The Morgan fingerprint density at radius 1 is 1.31 bits per heavy atom. The molecule has 10 nitrogen and oxygen atoms in total. The van der Waals surface area contributed by atoms with Gasteiger partial charge in [-0.15, -0.1) is 13.2 Å². The van der Waals surface area contributed by atoms with E-state index in [1.54, 1.807) is 4.98 Å². The molecule has 14 heteroatoms. The van der Waals surface area contributed by atoms with E-state index in [-0.39, 0.29) is 0 Å². The van der Waals surface area contributed by atoms with Gasteiger partial charge in [-0.05, 0) is 32.8 Å². The van der Waals surface area contributed by atoms with Gasteiger partial charge in [0.25, 0.3) is 5.56 Å². The number of halogens is 3. The number of nitrogens with zero attached hydrogens (tertiary/aromatic N) is 1. The SMILES string of the molecule is C=P(C)(C)CC[C@H]1O[C@@H](n2cc(C(OC(=O)C(F)(F)F)C(C)=O)c(=O)[nH]c2=O)C(O)[C@@H]1O. The zero-order chi connectivity index (χ0) is 24.6. The number of nitrogens with one attached hydrogen (secondary N) is 1. The van der Waals surface area contributed by atoms with Crippen LogP contribution in [0.4, 0.5) is 13.2 Å². The molecule has 1 aliphatic heterocycles. The van der Waals surface area contributed by atoms with Crippen molar-refractivity contribution in [2.45, 2.75) is 50.2 Å². The molecule has 180 valence electrons. The van der Waals surface area contributed by atoms with Gasteiger partial charge in [-0.1, -0.05) is 0 Å². The van der Waals surface area contributed by atoms with Crippen molar-refractivity contribution in [1.82, 2.24) is 9.55 Å². The van der Waals surface area contributed by atoms with Crippen molar-refractivity contribution in [2.24, 2.45) is 0 Å². The van der Waals surface area contributed by atoms with Crippen LogP contribution in [0.15, 0.2) is 15.8 Å². The van der Waals surface area contributed by atoms with Gasteiger partial charge in [-0.3, -0.25) is 19.1 Å². The second-order valence-corrected chi connectivity index (χ2v) is 12.5. The number of ether oxygens (including phenoxy) is 2. The number of aromatic nitrogens is 2. The lowest BCUT2D eigenvalue weighted by Gasteiger charge is -2.21. The van der Waals surface area contributed by atoms with Crippen molar-refractivity contribution in [3.8, 4) is 0 Å². The number of Topliss-reactive ketones (excluding diaryl/α,β-unsaturated/α-hetero) is 1. The fourth-order valence-corrected chi connectivity index (χ4v) is 4.04. The first-order valence-corrected chi connectivity index (χ1v) is 12.4. The number of hydrogen-bond donors (Lipinski definition) is 3. The quantitative estimate of drug-likeness (QED) is 0.362. The maximum Gasteiger partial charge on any atom is 0.490 e. The molecule has 2 rings (SSSR count). The van der Waals surface area contributed by atoms with E-state index in [0.29, 0.717) is 23.3 Å². The number of hydrogen-bond acceptors (Lipinski definition) is 8. The Labute approximate surface area is 179 Å². The molecule has 2 unspecified atom stereocenters. The molecule has 5 atom stereocenters. The summed E-state index contributed by atoms with van der Waals surface area (Å²) in [6.45, 7) is 3.19. The summed E-state index contributed by atoms with van der Waals surface area (Å²) in [6.07, 6.45) is -7.53. The molecule has 1 aromatic rings. The second-order valence-electron chi connectivity index (χ2n) is 8.14. The molecular weight excluding hydrogens is 460 g/mol. The fourth-order valence-electron chi connectivity index (χ4n) is 3.09. The number of aliphatic hydroxyl groups excluding tert-OH is 2. The maximum absolute atomic E-state index is 12.6. The summed E-state index contributed by atoms with van der Waals surface area (Å²) in [4.78, 5) is 49.2. The van der Waals surface area contributed by atoms with Gasteiger partial charge in [0.15, 0.2) is 18.1 Å². The van der Waals surface area contributed by atoms with Crippen LogP contribution in [0.3, 0.4) is 0 Å². The zero-order valence-corrected chi connectivity index (χ0v) is 18.4. The van der Waals surface area contributed by atoms with Crippen LogP contribution in [0, 0.1) is 0 Å².